The number of ether oxygens (including phenoxy) is 5. The number of nitrogens with zero attached hydrogens (tertiary/aromatic N) is 2. The second-order valence-corrected chi connectivity index (χ2v) is 11.4. The van der Waals surface area contributed by atoms with Crippen molar-refractivity contribution in [3.05, 3.63) is 107 Å². The number of aromatic nitrogens is 1. The third kappa shape index (κ3) is 5.89. The highest BCUT2D eigenvalue weighted by Gasteiger charge is 2.35. The van der Waals surface area contributed by atoms with E-state index in [0.717, 1.165) is 15.6 Å². The van der Waals surface area contributed by atoms with Crippen molar-refractivity contribution in [1.82, 2.24) is 4.57 Å². The van der Waals surface area contributed by atoms with E-state index in [0.29, 0.717) is 50.2 Å². The average Bonchev–Trinajstić information content (AvgIpc) is 3.35. The number of rotatable bonds is 10. The van der Waals surface area contributed by atoms with E-state index in [1.165, 1.54) is 23.0 Å². The summed E-state index contributed by atoms with van der Waals surface area (Å²) in [4.78, 5) is 33.3. The fourth-order valence-electron chi connectivity index (χ4n) is 5.01. The molecule has 0 spiro atoms. The maximum Gasteiger partial charge on any atom is 0.338 e. The second kappa shape index (κ2) is 13.5. The Kier molecular flexibility index (Phi) is 9.55. The molecule has 0 radical (unpaired) electrons. The number of thiazole rings is 1. The molecule has 4 aromatic rings. The molecule has 11 heteroatoms. The Morgan fingerprint density at radius 1 is 0.932 bits per heavy atom. The topological polar surface area (TPSA) is 97.6 Å². The van der Waals surface area contributed by atoms with E-state index in [-0.39, 0.29) is 17.7 Å². The quantitative estimate of drug-likeness (QED) is 0.215. The van der Waals surface area contributed by atoms with Crippen LogP contribution >= 0.6 is 27.3 Å². The van der Waals surface area contributed by atoms with Gasteiger partial charge in [0.05, 0.1) is 56.4 Å². The van der Waals surface area contributed by atoms with Crippen molar-refractivity contribution in [1.29, 1.82) is 0 Å². The molecule has 0 unspecified atom stereocenters. The molecule has 5 rings (SSSR count). The molecule has 9 nitrogen and oxygen atoms in total. The minimum absolute atomic E-state index is 0.154. The second-order valence-electron chi connectivity index (χ2n) is 9.50. The molecule has 0 amide bonds. The van der Waals surface area contributed by atoms with Crippen LogP contribution < -0.4 is 33.8 Å². The molecular formula is C33H31BrN2O7S. The smallest absolute Gasteiger partial charge is 0.338 e. The van der Waals surface area contributed by atoms with Crippen LogP contribution in [0.5, 0.6) is 23.0 Å². The molecule has 0 aliphatic carbocycles. The minimum Gasteiger partial charge on any atom is -0.493 e. The Hall–Kier alpha value is -4.35. The molecule has 3 aromatic carbocycles. The number of fused-ring (bicyclic) bond motifs is 1. The van der Waals surface area contributed by atoms with Gasteiger partial charge in [-0.1, -0.05) is 63.7 Å². The van der Waals surface area contributed by atoms with E-state index in [1.54, 1.807) is 45.4 Å². The summed E-state index contributed by atoms with van der Waals surface area (Å²) >= 11 is 4.83. The van der Waals surface area contributed by atoms with Gasteiger partial charge in [-0.25, -0.2) is 9.79 Å². The summed E-state index contributed by atoms with van der Waals surface area (Å²) in [5, 5.41) is 0. The summed E-state index contributed by atoms with van der Waals surface area (Å²) in [5.74, 6) is 1.53. The maximum absolute atomic E-state index is 14.3. The largest absolute Gasteiger partial charge is 0.493 e. The number of esters is 1. The molecule has 0 N–H and O–H groups in total. The molecule has 1 atom stereocenters. The zero-order valence-electron chi connectivity index (χ0n) is 24.9. The minimum atomic E-state index is -0.860. The van der Waals surface area contributed by atoms with Crippen LogP contribution in [-0.2, 0) is 9.53 Å². The monoisotopic (exact) mass is 678 g/mol. The summed E-state index contributed by atoms with van der Waals surface area (Å²) in [6.07, 6.45) is 1.78. The molecule has 2 heterocycles. The lowest BCUT2D eigenvalue weighted by Gasteiger charge is -2.26. The highest BCUT2D eigenvalue weighted by molar-refractivity contribution is 9.10. The molecule has 44 heavy (non-hydrogen) atoms. The number of halogens is 1. The van der Waals surface area contributed by atoms with Crippen LogP contribution in [0.1, 0.15) is 36.6 Å². The third-order valence-corrected chi connectivity index (χ3v) is 8.64. The van der Waals surface area contributed by atoms with Crippen molar-refractivity contribution in [3.63, 3.8) is 0 Å². The fraction of sp³-hybridized carbons (Fsp3) is 0.242. The first-order valence-corrected chi connectivity index (χ1v) is 15.5. The number of hydrogen-bond donors (Lipinski definition) is 0. The maximum atomic E-state index is 14.3. The van der Waals surface area contributed by atoms with Gasteiger partial charge in [-0.05, 0) is 55.3 Å². The van der Waals surface area contributed by atoms with Gasteiger partial charge in [0, 0.05) is 10.0 Å². The van der Waals surface area contributed by atoms with Crippen LogP contribution in [0, 0.1) is 0 Å². The summed E-state index contributed by atoms with van der Waals surface area (Å²) in [6.45, 7) is 4.23. The normalized spacial score (nSPS) is 14.5. The summed E-state index contributed by atoms with van der Waals surface area (Å²) < 4.78 is 30.5. The van der Waals surface area contributed by atoms with Crippen molar-refractivity contribution in [2.45, 2.75) is 19.9 Å². The molecule has 0 bridgehead atoms. The average molecular weight is 680 g/mol. The molecule has 1 aliphatic heterocycles. The predicted molar refractivity (Wildman–Crippen MR) is 172 cm³/mol. The first kappa shape index (κ1) is 31.1. The molecule has 1 aromatic heterocycles. The standard InChI is InChI=1S/C33H31BrN2O7S/c1-6-42-26-16-21(22(34)18-25(26)41-5)17-27-31(37)36-30(20-13-14-23(39-3)24(15-20)40-4)28(32(38)43-7-2)29(35-33(36)44-27)19-11-9-8-10-12-19/h8-18,30H,6-7H2,1-5H3/b27-17+/t30-/m1/s1. The predicted octanol–water partition coefficient (Wildman–Crippen LogP) is 5.12. The molecule has 0 fully saturated rings. The molecule has 228 valence electrons. The van der Waals surface area contributed by atoms with E-state index >= 15 is 0 Å². The Labute approximate surface area is 266 Å². The van der Waals surface area contributed by atoms with Gasteiger partial charge in [0.15, 0.2) is 27.8 Å². The van der Waals surface area contributed by atoms with E-state index in [2.05, 4.69) is 15.9 Å². The number of carbonyl (C=O) groups is 1. The number of methoxy groups -OCH3 is 3. The summed E-state index contributed by atoms with van der Waals surface area (Å²) in [7, 11) is 4.65. The molecule has 0 saturated heterocycles. The van der Waals surface area contributed by atoms with Crippen molar-refractivity contribution in [3.8, 4) is 23.0 Å². The van der Waals surface area contributed by atoms with Crippen LogP contribution in [-0.4, -0.2) is 45.1 Å². The van der Waals surface area contributed by atoms with Crippen LogP contribution in [0.25, 0.3) is 11.8 Å². The van der Waals surface area contributed by atoms with Crippen molar-refractivity contribution in [2.24, 2.45) is 4.99 Å². The van der Waals surface area contributed by atoms with Gasteiger partial charge < -0.3 is 23.7 Å². The van der Waals surface area contributed by atoms with Crippen molar-refractivity contribution >= 4 is 45.0 Å². The summed E-state index contributed by atoms with van der Waals surface area (Å²) in [6, 6.07) is 17.5. The third-order valence-electron chi connectivity index (χ3n) is 6.97. The van der Waals surface area contributed by atoms with Gasteiger partial charge in [-0.3, -0.25) is 9.36 Å². The van der Waals surface area contributed by atoms with Gasteiger partial charge in [0.1, 0.15) is 0 Å². The van der Waals surface area contributed by atoms with E-state index in [9.17, 15) is 9.59 Å². The Bertz CT molecular complexity index is 1910. The van der Waals surface area contributed by atoms with Crippen LogP contribution in [0.4, 0.5) is 0 Å². The SMILES string of the molecule is CCOC(=O)C1=C(c2ccccc2)N=c2s/c(=C/c3cc(OCC)c(OC)cc3Br)c(=O)n2[C@@H]1c1ccc(OC)c(OC)c1. The lowest BCUT2D eigenvalue weighted by molar-refractivity contribution is -0.138. The van der Waals surface area contributed by atoms with Crippen molar-refractivity contribution < 1.29 is 28.5 Å². The van der Waals surface area contributed by atoms with E-state index in [4.69, 9.17) is 28.7 Å². The van der Waals surface area contributed by atoms with Gasteiger partial charge >= 0.3 is 5.97 Å². The number of carbonyl (C=O) groups excluding carboxylic acids is 1. The first-order chi connectivity index (χ1) is 21.3. The zero-order chi connectivity index (χ0) is 31.4. The van der Waals surface area contributed by atoms with Crippen LogP contribution in [0.2, 0.25) is 0 Å². The van der Waals surface area contributed by atoms with Crippen LogP contribution in [0.3, 0.4) is 0 Å². The number of benzene rings is 3. The Morgan fingerprint density at radius 2 is 1.64 bits per heavy atom. The van der Waals surface area contributed by atoms with Gasteiger partial charge in [-0.15, -0.1) is 0 Å². The molecule has 1 aliphatic rings. The zero-order valence-corrected chi connectivity index (χ0v) is 27.3. The van der Waals surface area contributed by atoms with E-state index < -0.39 is 12.0 Å². The highest BCUT2D eigenvalue weighted by atomic mass is 79.9. The number of hydrogen-bond acceptors (Lipinski definition) is 9. The highest BCUT2D eigenvalue weighted by Crippen LogP contribution is 2.39. The van der Waals surface area contributed by atoms with E-state index in [1.807, 2.05) is 49.4 Å². The van der Waals surface area contributed by atoms with Crippen LogP contribution in [0.15, 0.2) is 80.5 Å². The van der Waals surface area contributed by atoms with Crippen molar-refractivity contribution in [2.75, 3.05) is 34.5 Å². The van der Waals surface area contributed by atoms with Gasteiger partial charge in [-0.2, -0.15) is 0 Å². The molecular weight excluding hydrogens is 648 g/mol. The lowest BCUT2D eigenvalue weighted by atomic mass is 9.93. The lowest BCUT2D eigenvalue weighted by Crippen LogP contribution is -2.40. The Morgan fingerprint density at radius 3 is 2.30 bits per heavy atom. The fourth-order valence-corrected chi connectivity index (χ4v) is 6.44. The van der Waals surface area contributed by atoms with Gasteiger partial charge in [0.25, 0.3) is 5.56 Å². The molecule has 0 saturated carbocycles. The Balaban J connectivity index is 1.83. The summed E-state index contributed by atoms with van der Waals surface area (Å²) in [5.41, 5.74) is 2.43. The van der Waals surface area contributed by atoms with Gasteiger partial charge in [0.2, 0.25) is 0 Å². The first-order valence-electron chi connectivity index (χ1n) is 13.9.